The van der Waals surface area contributed by atoms with Gasteiger partial charge in [0.25, 0.3) is 0 Å². The number of alkyl halides is 1. The zero-order chi connectivity index (χ0) is 10.4. The van der Waals surface area contributed by atoms with Gasteiger partial charge in [0.2, 0.25) is 0 Å². The summed E-state index contributed by atoms with van der Waals surface area (Å²) in [5.41, 5.74) is 0.258. The molecule has 0 bridgehead atoms. The predicted molar refractivity (Wildman–Crippen MR) is 47.4 cm³/mol. The lowest BCUT2D eigenvalue weighted by Gasteiger charge is -2.07. The number of carbonyl (C=O) groups is 2. The molecule has 0 aliphatic heterocycles. The largest absolute Gasteiger partial charge is 0.468 e. The Balaban J connectivity index is 3.83. The van der Waals surface area contributed by atoms with Crippen molar-refractivity contribution < 1.29 is 19.1 Å². The number of methoxy groups -OCH3 is 1. The average Bonchev–Trinajstić information content (AvgIpc) is 2.11. The lowest BCUT2D eigenvalue weighted by atomic mass is 10.3. The fraction of sp³-hybridized carbons (Fsp3) is 0.500. The Hall–Kier alpha value is -1.03. The van der Waals surface area contributed by atoms with Gasteiger partial charge in [0.05, 0.1) is 7.11 Å². The number of hydrogen-bond donors (Lipinski definition) is 0. The first kappa shape index (κ1) is 12.0. The molecule has 0 fully saturated rings. The molecule has 13 heavy (non-hydrogen) atoms. The minimum atomic E-state index is -0.965. The lowest BCUT2D eigenvalue weighted by Crippen LogP contribution is -2.23. The van der Waals surface area contributed by atoms with E-state index in [0.29, 0.717) is 0 Å². The van der Waals surface area contributed by atoms with E-state index in [4.69, 9.17) is 11.6 Å². The molecule has 0 aromatic rings. The number of hydrogen-bond acceptors (Lipinski definition) is 4. The smallest absolute Gasteiger partial charge is 0.333 e. The molecule has 0 aromatic heterocycles. The predicted octanol–water partition coefficient (Wildman–Crippen LogP) is 0.886. The molecule has 74 valence electrons. The van der Waals surface area contributed by atoms with Gasteiger partial charge in [0, 0.05) is 5.57 Å². The molecule has 0 amide bonds. The second kappa shape index (κ2) is 5.59. The lowest BCUT2D eigenvalue weighted by molar-refractivity contribution is -0.144. The maximum Gasteiger partial charge on any atom is 0.333 e. The quantitative estimate of drug-likeness (QED) is 0.389. The van der Waals surface area contributed by atoms with Gasteiger partial charge in [-0.1, -0.05) is 6.58 Å². The minimum Gasteiger partial charge on any atom is -0.468 e. The summed E-state index contributed by atoms with van der Waals surface area (Å²) >= 11 is 5.50. The van der Waals surface area contributed by atoms with Crippen LogP contribution in [0.5, 0.6) is 0 Å². The van der Waals surface area contributed by atoms with Gasteiger partial charge in [-0.25, -0.2) is 4.79 Å². The molecule has 0 aliphatic carbocycles. The van der Waals surface area contributed by atoms with Gasteiger partial charge in [-0.15, -0.1) is 11.6 Å². The van der Waals surface area contributed by atoms with Crippen LogP contribution in [0.25, 0.3) is 0 Å². The van der Waals surface area contributed by atoms with Crippen LogP contribution in [0.2, 0.25) is 0 Å². The Bertz CT molecular complexity index is 224. The number of ether oxygens (including phenoxy) is 2. The highest BCUT2D eigenvalue weighted by atomic mass is 35.5. The summed E-state index contributed by atoms with van der Waals surface area (Å²) in [6, 6.07) is 0. The van der Waals surface area contributed by atoms with E-state index < -0.39 is 17.3 Å². The van der Waals surface area contributed by atoms with E-state index in [9.17, 15) is 9.59 Å². The van der Waals surface area contributed by atoms with Crippen molar-refractivity contribution in [3.05, 3.63) is 12.2 Å². The molecule has 0 spiro atoms. The Morgan fingerprint density at radius 1 is 1.54 bits per heavy atom. The zero-order valence-corrected chi connectivity index (χ0v) is 8.26. The van der Waals surface area contributed by atoms with E-state index in [-0.39, 0.29) is 12.2 Å². The van der Waals surface area contributed by atoms with Crippen molar-refractivity contribution in [2.75, 3.05) is 13.7 Å². The topological polar surface area (TPSA) is 52.6 Å². The van der Waals surface area contributed by atoms with Gasteiger partial charge >= 0.3 is 11.9 Å². The van der Waals surface area contributed by atoms with Crippen LogP contribution in [0.1, 0.15) is 6.92 Å². The van der Waals surface area contributed by atoms with Crippen LogP contribution in [0.3, 0.4) is 0 Å². The van der Waals surface area contributed by atoms with Crippen molar-refractivity contribution in [1.82, 2.24) is 0 Å². The second-order valence-electron chi connectivity index (χ2n) is 2.37. The molecule has 0 heterocycles. The standard InChI is InChI=1S/C8H11ClO4/c1-5(2)7(10)13-4-6(9)8(11)12-3/h6H,1,4H2,2-3H3. The highest BCUT2D eigenvalue weighted by Crippen LogP contribution is 2.01. The van der Waals surface area contributed by atoms with Gasteiger partial charge in [-0.05, 0) is 6.92 Å². The van der Waals surface area contributed by atoms with Crippen LogP contribution < -0.4 is 0 Å². The monoisotopic (exact) mass is 206 g/mol. The molecular weight excluding hydrogens is 196 g/mol. The number of halogens is 1. The molecule has 1 unspecified atom stereocenters. The van der Waals surface area contributed by atoms with Crippen LogP contribution in [0.15, 0.2) is 12.2 Å². The summed E-state index contributed by atoms with van der Waals surface area (Å²) in [6.07, 6.45) is 0. The summed E-state index contributed by atoms with van der Waals surface area (Å²) in [5.74, 6) is -1.20. The summed E-state index contributed by atoms with van der Waals surface area (Å²) in [4.78, 5) is 21.6. The van der Waals surface area contributed by atoms with Crippen molar-refractivity contribution in [3.63, 3.8) is 0 Å². The van der Waals surface area contributed by atoms with E-state index in [2.05, 4.69) is 16.1 Å². The molecule has 0 saturated carbocycles. The van der Waals surface area contributed by atoms with E-state index >= 15 is 0 Å². The maximum absolute atomic E-state index is 10.8. The van der Waals surface area contributed by atoms with Gasteiger partial charge in [-0.2, -0.15) is 0 Å². The van der Waals surface area contributed by atoms with Gasteiger partial charge in [-0.3, -0.25) is 4.79 Å². The molecule has 4 nitrogen and oxygen atoms in total. The van der Waals surface area contributed by atoms with E-state index in [1.54, 1.807) is 0 Å². The summed E-state index contributed by atoms with van der Waals surface area (Å²) in [6.45, 7) is 4.66. The Morgan fingerprint density at radius 2 is 2.08 bits per heavy atom. The van der Waals surface area contributed by atoms with Crippen LogP contribution in [-0.2, 0) is 19.1 Å². The van der Waals surface area contributed by atoms with Gasteiger partial charge < -0.3 is 9.47 Å². The second-order valence-corrected chi connectivity index (χ2v) is 2.90. The van der Waals surface area contributed by atoms with Crippen LogP contribution >= 0.6 is 11.6 Å². The third kappa shape index (κ3) is 4.52. The summed E-state index contributed by atoms with van der Waals surface area (Å²) in [7, 11) is 1.21. The summed E-state index contributed by atoms with van der Waals surface area (Å²) < 4.78 is 8.94. The van der Waals surface area contributed by atoms with E-state index in [0.717, 1.165) is 0 Å². The van der Waals surface area contributed by atoms with E-state index in [1.165, 1.54) is 14.0 Å². The molecule has 0 saturated heterocycles. The molecule has 0 aliphatic rings. The highest BCUT2D eigenvalue weighted by molar-refractivity contribution is 6.30. The van der Waals surface area contributed by atoms with E-state index in [1.807, 2.05) is 0 Å². The Labute approximate surface area is 81.5 Å². The molecule has 5 heteroatoms. The van der Waals surface area contributed by atoms with Crippen LogP contribution in [0.4, 0.5) is 0 Å². The molecule has 0 radical (unpaired) electrons. The molecule has 0 N–H and O–H groups in total. The fourth-order valence-electron chi connectivity index (χ4n) is 0.468. The molecule has 0 aromatic carbocycles. The Morgan fingerprint density at radius 3 is 2.46 bits per heavy atom. The van der Waals surface area contributed by atoms with Crippen molar-refractivity contribution in [2.24, 2.45) is 0 Å². The van der Waals surface area contributed by atoms with Crippen molar-refractivity contribution in [1.29, 1.82) is 0 Å². The average molecular weight is 207 g/mol. The summed E-state index contributed by atoms with van der Waals surface area (Å²) in [5, 5.41) is -0.965. The number of rotatable bonds is 4. The van der Waals surface area contributed by atoms with Crippen molar-refractivity contribution >= 4 is 23.5 Å². The number of carbonyl (C=O) groups excluding carboxylic acids is 2. The number of esters is 2. The molecular formula is C8H11ClO4. The Kier molecular flexibility index (Phi) is 5.14. The first-order valence-electron chi connectivity index (χ1n) is 3.53. The third-order valence-electron chi connectivity index (χ3n) is 1.17. The highest BCUT2D eigenvalue weighted by Gasteiger charge is 2.17. The molecule has 1 atom stereocenters. The normalized spacial score (nSPS) is 11.6. The zero-order valence-electron chi connectivity index (χ0n) is 7.50. The fourth-order valence-corrected chi connectivity index (χ4v) is 0.620. The van der Waals surface area contributed by atoms with Crippen molar-refractivity contribution in [2.45, 2.75) is 12.3 Å². The molecule has 0 rings (SSSR count). The first-order valence-corrected chi connectivity index (χ1v) is 3.97. The van der Waals surface area contributed by atoms with Crippen LogP contribution in [-0.4, -0.2) is 31.0 Å². The van der Waals surface area contributed by atoms with Crippen LogP contribution in [0, 0.1) is 0 Å². The third-order valence-corrected chi connectivity index (χ3v) is 1.47. The SMILES string of the molecule is C=C(C)C(=O)OCC(Cl)C(=O)OC. The van der Waals surface area contributed by atoms with Gasteiger partial charge in [0.15, 0.2) is 5.38 Å². The van der Waals surface area contributed by atoms with Crippen molar-refractivity contribution in [3.8, 4) is 0 Å². The maximum atomic E-state index is 10.8. The van der Waals surface area contributed by atoms with Gasteiger partial charge in [0.1, 0.15) is 6.61 Å². The first-order chi connectivity index (χ1) is 5.99. The minimum absolute atomic E-state index is 0.208.